The number of hydrogen-bond acceptors (Lipinski definition) is 4. The minimum absolute atomic E-state index is 0.126. The van der Waals surface area contributed by atoms with E-state index in [1.807, 2.05) is 0 Å². The molecule has 0 spiro atoms. The number of hydrogen-bond donors (Lipinski definition) is 0. The quantitative estimate of drug-likeness (QED) is 0.479. The Hall–Kier alpha value is -1.80. The third-order valence-corrected chi connectivity index (χ3v) is 10.3. The maximum atomic E-state index is 10.4. The normalized spacial score (nSPS) is 11.5. The Morgan fingerprint density at radius 3 is 1.20 bits per heavy atom. The summed E-state index contributed by atoms with van der Waals surface area (Å²) in [5.74, 6) is 0. The van der Waals surface area contributed by atoms with Gasteiger partial charge < -0.3 is 13.9 Å². The van der Waals surface area contributed by atoms with Crippen molar-refractivity contribution in [2.24, 2.45) is 0 Å². The lowest BCUT2D eigenvalue weighted by Crippen LogP contribution is -2.32. The maximum Gasteiger partial charge on any atom is 0.267 e. The molecule has 30 heavy (non-hydrogen) atoms. The summed E-state index contributed by atoms with van der Waals surface area (Å²) in [7, 11) is -5.48. The zero-order valence-electron chi connectivity index (χ0n) is 17.8. The van der Waals surface area contributed by atoms with Crippen LogP contribution in [0.1, 0.15) is 20.8 Å². The summed E-state index contributed by atoms with van der Waals surface area (Å²) in [6.07, 6.45) is 1.14. The second kappa shape index (κ2) is 12.2. The fourth-order valence-corrected chi connectivity index (χ4v) is 8.14. The Labute approximate surface area is 180 Å². The molecule has 3 aromatic rings. The van der Waals surface area contributed by atoms with Crippen molar-refractivity contribution < 1.29 is 18.5 Å². The fraction of sp³-hybridized carbons (Fsp3) is 0.250. The molecule has 0 unspecified atom stereocenters. The first-order valence-corrected chi connectivity index (χ1v) is 13.6. The fourth-order valence-electron chi connectivity index (χ4n) is 3.40. The number of phosphoric acid groups is 1. The number of benzene rings is 3. The second-order valence-corrected chi connectivity index (χ2v) is 11.6. The van der Waals surface area contributed by atoms with Gasteiger partial charge in [0.2, 0.25) is 0 Å². The van der Waals surface area contributed by atoms with Gasteiger partial charge in [-0.05, 0) is 57.2 Å². The summed E-state index contributed by atoms with van der Waals surface area (Å²) in [5, 5.41) is 4.39. The van der Waals surface area contributed by atoms with Crippen molar-refractivity contribution in [1.29, 1.82) is 0 Å². The predicted octanol–water partition coefficient (Wildman–Crippen LogP) is 4.53. The smallest absolute Gasteiger partial charge is 0.267 e. The molecule has 0 fully saturated rings. The predicted molar refractivity (Wildman–Crippen MR) is 127 cm³/mol. The topological polar surface area (TPSA) is 58.6 Å². The zero-order valence-corrected chi connectivity index (χ0v) is 19.6. The maximum absolute atomic E-state index is 10.4. The number of rotatable bonds is 8. The van der Waals surface area contributed by atoms with Gasteiger partial charge in [0.05, 0.1) is 19.4 Å². The molecule has 0 aromatic heterocycles. The molecule has 6 heteroatoms. The Bertz CT molecular complexity index is 796. The molecule has 0 saturated heterocycles. The molecule has 0 saturated carbocycles. The van der Waals surface area contributed by atoms with Gasteiger partial charge in [-0.25, -0.2) is 0 Å². The molecule has 0 bridgehead atoms. The molecule has 0 aliphatic rings. The summed E-state index contributed by atoms with van der Waals surface area (Å²) >= 11 is 0. The molecule has 3 aromatic carbocycles. The molecule has 0 aliphatic carbocycles. The highest BCUT2D eigenvalue weighted by Gasteiger charge is 2.43. The molecule has 0 N–H and O–H groups in total. The van der Waals surface area contributed by atoms with Gasteiger partial charge >= 0.3 is 0 Å². The minimum Gasteiger partial charge on any atom is -0.756 e. The van der Waals surface area contributed by atoms with Gasteiger partial charge in [-0.2, -0.15) is 0 Å². The van der Waals surface area contributed by atoms with Crippen LogP contribution in [0.5, 0.6) is 0 Å². The molecule has 0 aliphatic heterocycles. The van der Waals surface area contributed by atoms with E-state index in [2.05, 4.69) is 107 Å². The largest absolute Gasteiger partial charge is 0.756 e. The summed E-state index contributed by atoms with van der Waals surface area (Å²) in [5.41, 5.74) is 0. The molecule has 0 amide bonds. The SMILES string of the molecule is CCOP(=O)([O-])OCC.CC[P+](c1ccccc1)(c1ccccc1)c1ccccc1. The van der Waals surface area contributed by atoms with Crippen LogP contribution in [0.3, 0.4) is 0 Å². The van der Waals surface area contributed by atoms with Crippen LogP contribution in [0.25, 0.3) is 0 Å². The molecule has 0 radical (unpaired) electrons. The molecule has 3 rings (SSSR count). The van der Waals surface area contributed by atoms with E-state index in [1.54, 1.807) is 13.8 Å². The highest BCUT2D eigenvalue weighted by Crippen LogP contribution is 2.54. The van der Waals surface area contributed by atoms with E-state index in [4.69, 9.17) is 0 Å². The van der Waals surface area contributed by atoms with Crippen LogP contribution in [-0.2, 0) is 13.6 Å². The van der Waals surface area contributed by atoms with Gasteiger partial charge in [-0.1, -0.05) is 54.6 Å². The van der Waals surface area contributed by atoms with Crippen molar-refractivity contribution in [3.05, 3.63) is 91.0 Å². The number of phosphoric ester groups is 1. The van der Waals surface area contributed by atoms with Crippen LogP contribution in [-0.4, -0.2) is 19.4 Å². The monoisotopic (exact) mass is 444 g/mol. The Morgan fingerprint density at radius 1 is 0.667 bits per heavy atom. The molecular formula is C24H30O4P2. The molecule has 0 atom stereocenters. The molecule has 4 nitrogen and oxygen atoms in total. The van der Waals surface area contributed by atoms with E-state index in [9.17, 15) is 9.46 Å². The second-order valence-electron chi connectivity index (χ2n) is 6.42. The van der Waals surface area contributed by atoms with Crippen molar-refractivity contribution in [2.75, 3.05) is 19.4 Å². The van der Waals surface area contributed by atoms with Crippen molar-refractivity contribution in [3.63, 3.8) is 0 Å². The van der Waals surface area contributed by atoms with E-state index in [-0.39, 0.29) is 13.2 Å². The lowest BCUT2D eigenvalue weighted by Gasteiger charge is -2.26. The van der Waals surface area contributed by atoms with Crippen LogP contribution >= 0.6 is 15.1 Å². The minimum atomic E-state index is -3.94. The third kappa shape index (κ3) is 6.35. The lowest BCUT2D eigenvalue weighted by molar-refractivity contribution is -0.224. The lowest BCUT2D eigenvalue weighted by atomic mass is 10.4. The van der Waals surface area contributed by atoms with E-state index in [1.165, 1.54) is 15.9 Å². The van der Waals surface area contributed by atoms with E-state index in [0.717, 1.165) is 6.16 Å². The zero-order chi connectivity index (χ0) is 21.9. The van der Waals surface area contributed by atoms with Crippen molar-refractivity contribution in [1.82, 2.24) is 0 Å². The summed E-state index contributed by atoms with van der Waals surface area (Å²) in [6, 6.07) is 33.0. The average Bonchev–Trinajstić information content (AvgIpc) is 2.77. The van der Waals surface area contributed by atoms with Gasteiger partial charge in [-0.3, -0.25) is 4.57 Å². The highest BCUT2D eigenvalue weighted by atomic mass is 31.2. The first-order valence-electron chi connectivity index (χ1n) is 10.1. The first kappa shape index (κ1) is 24.5. The summed E-state index contributed by atoms with van der Waals surface area (Å²) < 4.78 is 18.9. The van der Waals surface area contributed by atoms with E-state index >= 15 is 0 Å². The van der Waals surface area contributed by atoms with Gasteiger partial charge in [-0.15, -0.1) is 0 Å². The van der Waals surface area contributed by atoms with Crippen LogP contribution in [0.15, 0.2) is 91.0 Å². The van der Waals surface area contributed by atoms with Gasteiger partial charge in [0.25, 0.3) is 7.82 Å². The van der Waals surface area contributed by atoms with E-state index in [0.29, 0.717) is 0 Å². The van der Waals surface area contributed by atoms with Crippen LogP contribution in [0.4, 0.5) is 0 Å². The standard InChI is InChI=1S/C20H20P.C4H11O4P/c1-2-21(18-12-6-3-7-13-18,19-14-8-4-9-15-19)20-16-10-5-11-17-20;1-3-7-9(5,6)8-4-2/h3-17H,2H2,1H3;3-4H2,1-2H3,(H,5,6)/q+1;/p-1. The van der Waals surface area contributed by atoms with E-state index < -0.39 is 15.1 Å². The summed E-state index contributed by atoms with van der Waals surface area (Å²) in [6.45, 7) is 5.75. The van der Waals surface area contributed by atoms with Gasteiger partial charge in [0, 0.05) is 0 Å². The Morgan fingerprint density at radius 2 is 0.967 bits per heavy atom. The Balaban J connectivity index is 0.000000303. The molecule has 0 heterocycles. The van der Waals surface area contributed by atoms with Crippen molar-refractivity contribution in [2.45, 2.75) is 20.8 Å². The third-order valence-electron chi connectivity index (χ3n) is 4.64. The van der Waals surface area contributed by atoms with Crippen molar-refractivity contribution >= 4 is 31.0 Å². The van der Waals surface area contributed by atoms with Crippen LogP contribution in [0, 0.1) is 0 Å². The summed E-state index contributed by atoms with van der Waals surface area (Å²) in [4.78, 5) is 10.4. The van der Waals surface area contributed by atoms with Crippen molar-refractivity contribution in [3.8, 4) is 0 Å². The first-order chi connectivity index (χ1) is 14.5. The Kier molecular flexibility index (Phi) is 9.91. The van der Waals surface area contributed by atoms with Crippen LogP contribution < -0.4 is 20.8 Å². The molecular weight excluding hydrogens is 414 g/mol. The molecule has 160 valence electrons. The average molecular weight is 444 g/mol. The highest BCUT2D eigenvalue weighted by molar-refractivity contribution is 7.95. The van der Waals surface area contributed by atoms with Gasteiger partial charge in [0.1, 0.15) is 23.2 Å². The van der Waals surface area contributed by atoms with Gasteiger partial charge in [0.15, 0.2) is 0 Å². The van der Waals surface area contributed by atoms with Crippen LogP contribution in [0.2, 0.25) is 0 Å².